The number of nitrogens with zero attached hydrogens (tertiary/aromatic N) is 1. The van der Waals surface area contributed by atoms with Gasteiger partial charge in [-0.2, -0.15) is 0 Å². The number of aliphatic hydroxyl groups excluding tert-OH is 1. The van der Waals surface area contributed by atoms with E-state index in [1.54, 1.807) is 0 Å². The molecular weight excluding hydrogens is 719 g/mol. The van der Waals surface area contributed by atoms with Crippen LogP contribution in [0.25, 0.3) is 0 Å². The van der Waals surface area contributed by atoms with Crippen LogP contribution in [0.3, 0.4) is 0 Å². The molecule has 3 unspecified atom stereocenters. The first-order valence-electron chi connectivity index (χ1n) is 23.7. The van der Waals surface area contributed by atoms with Crippen LogP contribution in [0, 0.1) is 0 Å². The average molecular weight is 814 g/mol. The second-order valence-electron chi connectivity index (χ2n) is 17.5. The number of carbonyl (C=O) groups is 1. The molecule has 0 heterocycles. The van der Waals surface area contributed by atoms with Gasteiger partial charge in [-0.1, -0.05) is 192 Å². The van der Waals surface area contributed by atoms with Crippen molar-refractivity contribution in [1.82, 2.24) is 5.32 Å². The summed E-state index contributed by atoms with van der Waals surface area (Å²) < 4.78 is 23.7. The maximum absolute atomic E-state index is 12.9. The summed E-state index contributed by atoms with van der Waals surface area (Å²) in [6.07, 6.45) is 46.3. The van der Waals surface area contributed by atoms with Gasteiger partial charge in [0.2, 0.25) is 5.91 Å². The van der Waals surface area contributed by atoms with Crippen molar-refractivity contribution in [2.45, 2.75) is 231 Å². The number of carbonyl (C=O) groups excluding carboxylic acids is 1. The Balaban J connectivity index is 4.34. The average Bonchev–Trinajstić information content (AvgIpc) is 3.15. The molecule has 0 aliphatic heterocycles. The molecular formula is C47H94N2O6P+. The zero-order valence-corrected chi connectivity index (χ0v) is 38.5. The monoisotopic (exact) mass is 814 g/mol. The maximum Gasteiger partial charge on any atom is 0.472 e. The van der Waals surface area contributed by atoms with E-state index in [4.69, 9.17) is 9.05 Å². The smallest absolute Gasteiger partial charge is 0.391 e. The fraction of sp³-hybridized carbons (Fsp3) is 0.894. The van der Waals surface area contributed by atoms with Crippen LogP contribution in [0.4, 0.5) is 0 Å². The van der Waals surface area contributed by atoms with Gasteiger partial charge in [-0.3, -0.25) is 13.8 Å². The van der Waals surface area contributed by atoms with Gasteiger partial charge in [-0.25, -0.2) is 4.57 Å². The van der Waals surface area contributed by atoms with Crippen LogP contribution in [-0.2, 0) is 18.4 Å². The van der Waals surface area contributed by atoms with Crippen LogP contribution in [0.2, 0.25) is 0 Å². The van der Waals surface area contributed by atoms with Gasteiger partial charge in [0.25, 0.3) is 0 Å². The van der Waals surface area contributed by atoms with Crippen LogP contribution < -0.4 is 5.32 Å². The molecule has 0 bridgehead atoms. The largest absolute Gasteiger partial charge is 0.472 e. The normalized spacial score (nSPS) is 14.5. The van der Waals surface area contributed by atoms with E-state index in [1.165, 1.54) is 128 Å². The highest BCUT2D eigenvalue weighted by atomic mass is 31.2. The van der Waals surface area contributed by atoms with Crippen LogP contribution >= 0.6 is 7.82 Å². The molecule has 332 valence electrons. The molecule has 0 saturated carbocycles. The summed E-state index contributed by atoms with van der Waals surface area (Å²) in [5, 5.41) is 14.0. The summed E-state index contributed by atoms with van der Waals surface area (Å²) >= 11 is 0. The quantitative estimate of drug-likeness (QED) is 0.0245. The summed E-state index contributed by atoms with van der Waals surface area (Å²) in [4.78, 5) is 23.2. The molecule has 56 heavy (non-hydrogen) atoms. The Bertz CT molecular complexity index is 969. The van der Waals surface area contributed by atoms with Crippen molar-refractivity contribution in [1.29, 1.82) is 0 Å². The van der Waals surface area contributed by atoms with Crippen molar-refractivity contribution in [3.63, 3.8) is 0 Å². The lowest BCUT2D eigenvalue weighted by molar-refractivity contribution is -0.870. The number of hydrogen-bond acceptors (Lipinski definition) is 5. The first-order valence-corrected chi connectivity index (χ1v) is 25.2. The fourth-order valence-corrected chi connectivity index (χ4v) is 7.64. The number of hydrogen-bond donors (Lipinski definition) is 3. The topological polar surface area (TPSA) is 105 Å². The minimum Gasteiger partial charge on any atom is -0.391 e. The number of unbranched alkanes of at least 4 members (excludes halogenated alkanes) is 26. The van der Waals surface area contributed by atoms with E-state index in [0.29, 0.717) is 23.9 Å². The van der Waals surface area contributed by atoms with Gasteiger partial charge < -0.3 is 19.8 Å². The molecule has 0 aromatic carbocycles. The van der Waals surface area contributed by atoms with Crippen LogP contribution in [0.5, 0.6) is 0 Å². The molecule has 9 heteroatoms. The molecule has 0 spiro atoms. The molecule has 0 aromatic rings. The summed E-state index contributed by atoms with van der Waals surface area (Å²) in [5.41, 5.74) is 0. The van der Waals surface area contributed by atoms with Gasteiger partial charge in [0, 0.05) is 6.42 Å². The molecule has 0 radical (unpaired) electrons. The number of phosphoric ester groups is 1. The first kappa shape index (κ1) is 55.0. The highest BCUT2D eigenvalue weighted by Gasteiger charge is 2.28. The molecule has 8 nitrogen and oxygen atoms in total. The van der Waals surface area contributed by atoms with E-state index in [0.717, 1.165) is 64.2 Å². The first-order chi connectivity index (χ1) is 27.0. The van der Waals surface area contributed by atoms with Crippen molar-refractivity contribution >= 4 is 13.7 Å². The number of amides is 1. The van der Waals surface area contributed by atoms with E-state index in [9.17, 15) is 19.4 Å². The molecule has 0 aliphatic rings. The van der Waals surface area contributed by atoms with Crippen molar-refractivity contribution < 1.29 is 32.9 Å². The Kier molecular flexibility index (Phi) is 38.7. The van der Waals surface area contributed by atoms with Gasteiger partial charge in [0.05, 0.1) is 39.9 Å². The van der Waals surface area contributed by atoms with Crippen LogP contribution in [-0.4, -0.2) is 73.4 Å². The molecule has 3 N–H and O–H groups in total. The lowest BCUT2D eigenvalue weighted by Crippen LogP contribution is -2.46. The lowest BCUT2D eigenvalue weighted by Gasteiger charge is -2.26. The van der Waals surface area contributed by atoms with Crippen molar-refractivity contribution in [3.8, 4) is 0 Å². The second-order valence-corrected chi connectivity index (χ2v) is 18.9. The fourth-order valence-electron chi connectivity index (χ4n) is 6.90. The molecule has 1 amide bonds. The minimum absolute atomic E-state index is 0.0725. The number of allylic oxidation sites excluding steroid dienone is 4. The highest BCUT2D eigenvalue weighted by molar-refractivity contribution is 7.47. The Morgan fingerprint density at radius 3 is 1.48 bits per heavy atom. The number of aliphatic hydroxyl groups is 1. The standard InChI is InChI=1S/C47H93N2O6P/c1-6-8-10-12-14-16-18-20-22-24-25-26-28-30-32-34-36-38-40-46(50)45(44-55-56(52,53)54-43-42-49(3,4)5)48-47(51)41-39-37-35-33-31-29-27-23-21-19-17-15-13-11-9-7-2/h17,19,23,27,45-46,50H,6-16,18,20-22,24-26,28-44H2,1-5H3,(H-,48,51,52,53)/p+1/b19-17-,27-23-. The van der Waals surface area contributed by atoms with E-state index in [2.05, 4.69) is 43.5 Å². The van der Waals surface area contributed by atoms with Crippen molar-refractivity contribution in [2.24, 2.45) is 0 Å². The van der Waals surface area contributed by atoms with Crippen molar-refractivity contribution in [3.05, 3.63) is 24.3 Å². The predicted molar refractivity (Wildman–Crippen MR) is 240 cm³/mol. The van der Waals surface area contributed by atoms with E-state index < -0.39 is 20.0 Å². The Hall–Kier alpha value is -1.02. The third-order valence-corrected chi connectivity index (χ3v) is 11.7. The number of nitrogens with one attached hydrogen (secondary N) is 1. The van der Waals surface area contributed by atoms with Gasteiger partial charge in [-0.15, -0.1) is 0 Å². The van der Waals surface area contributed by atoms with Gasteiger partial charge >= 0.3 is 7.82 Å². The summed E-state index contributed by atoms with van der Waals surface area (Å²) in [6, 6.07) is -0.765. The maximum atomic E-state index is 12.9. The zero-order chi connectivity index (χ0) is 41.4. The molecule has 3 atom stereocenters. The Labute approximate surface area is 347 Å². The zero-order valence-electron chi connectivity index (χ0n) is 37.6. The predicted octanol–water partition coefficient (Wildman–Crippen LogP) is 13.3. The molecule has 0 aromatic heterocycles. The minimum atomic E-state index is -4.32. The van der Waals surface area contributed by atoms with Crippen LogP contribution in [0.15, 0.2) is 24.3 Å². The summed E-state index contributed by atoms with van der Waals surface area (Å²) in [6.45, 7) is 4.87. The number of phosphoric acid groups is 1. The third-order valence-electron chi connectivity index (χ3n) is 10.7. The van der Waals surface area contributed by atoms with E-state index in [-0.39, 0.29) is 19.1 Å². The van der Waals surface area contributed by atoms with E-state index in [1.807, 2.05) is 21.1 Å². The molecule has 0 fully saturated rings. The second kappa shape index (κ2) is 39.4. The SMILES string of the molecule is CCCCCC/C=C\C/C=C\CCCCCCCC(=O)NC(COP(=O)(O)OCC[N+](C)(C)C)C(O)CCCCCCCCCCCCCCCCCCCC. The van der Waals surface area contributed by atoms with Crippen LogP contribution in [0.1, 0.15) is 219 Å². The Morgan fingerprint density at radius 1 is 0.607 bits per heavy atom. The van der Waals surface area contributed by atoms with Gasteiger partial charge in [-0.05, 0) is 44.9 Å². The summed E-state index contributed by atoms with van der Waals surface area (Å²) in [7, 11) is 1.61. The number of rotatable bonds is 43. The van der Waals surface area contributed by atoms with E-state index >= 15 is 0 Å². The summed E-state index contributed by atoms with van der Waals surface area (Å²) in [5.74, 6) is -0.157. The molecule has 0 aliphatic carbocycles. The lowest BCUT2D eigenvalue weighted by atomic mass is 10.0. The van der Waals surface area contributed by atoms with Crippen molar-refractivity contribution in [2.75, 3.05) is 40.9 Å². The third kappa shape index (κ3) is 41.2. The van der Waals surface area contributed by atoms with Gasteiger partial charge in [0.1, 0.15) is 13.2 Å². The molecule has 0 saturated heterocycles. The van der Waals surface area contributed by atoms with Gasteiger partial charge in [0.15, 0.2) is 0 Å². The molecule has 0 rings (SSSR count). The Morgan fingerprint density at radius 2 is 1.02 bits per heavy atom. The number of likely N-dealkylation sites (N-methyl/N-ethyl adjacent to an activating group) is 1. The number of quaternary nitrogens is 1. The highest BCUT2D eigenvalue weighted by Crippen LogP contribution is 2.43.